The monoisotopic (exact) mass is 356 g/mol. The second kappa shape index (κ2) is 7.51. The van der Waals surface area contributed by atoms with Crippen molar-refractivity contribution in [1.82, 2.24) is 9.88 Å². The van der Waals surface area contributed by atoms with Gasteiger partial charge in [0.25, 0.3) is 11.8 Å². The zero-order valence-corrected chi connectivity index (χ0v) is 14.6. The predicted octanol–water partition coefficient (Wildman–Crippen LogP) is 3.00. The number of anilines is 2. The molecule has 2 amide bonds. The molecule has 1 aromatic carbocycles. The van der Waals surface area contributed by atoms with Crippen molar-refractivity contribution in [3.05, 3.63) is 53.0 Å². The van der Waals surface area contributed by atoms with E-state index in [1.165, 1.54) is 13.3 Å². The molecule has 2 aromatic rings. The minimum Gasteiger partial charge on any atom is -0.365 e. The lowest BCUT2D eigenvalue weighted by molar-refractivity contribution is 0.0724. The minimum absolute atomic E-state index is 0.0184. The first-order valence-electron chi connectivity index (χ1n) is 8.59. The highest BCUT2D eigenvalue weighted by Crippen LogP contribution is 2.22. The van der Waals surface area contributed by atoms with Gasteiger partial charge in [-0.05, 0) is 56.5 Å². The minimum atomic E-state index is -0.768. The highest BCUT2D eigenvalue weighted by Gasteiger charge is 2.18. The molecule has 1 fully saturated rings. The number of aromatic nitrogens is 1. The first-order valence-corrected chi connectivity index (χ1v) is 8.59. The van der Waals surface area contributed by atoms with Crippen LogP contribution in [0.5, 0.6) is 0 Å². The summed E-state index contributed by atoms with van der Waals surface area (Å²) in [6, 6.07) is 7.96. The van der Waals surface area contributed by atoms with Gasteiger partial charge < -0.3 is 16.0 Å². The van der Waals surface area contributed by atoms with E-state index in [0.29, 0.717) is 11.3 Å². The van der Waals surface area contributed by atoms with E-state index < -0.39 is 11.7 Å². The summed E-state index contributed by atoms with van der Waals surface area (Å²) in [6.45, 7) is 3.09. The van der Waals surface area contributed by atoms with Gasteiger partial charge in [-0.25, -0.2) is 9.37 Å². The molecular formula is C19H21FN4O2. The molecule has 3 rings (SSSR count). The number of likely N-dealkylation sites (tertiary alicyclic amines) is 1. The molecule has 0 saturated carbocycles. The molecule has 6 nitrogen and oxygen atoms in total. The molecule has 26 heavy (non-hydrogen) atoms. The molecule has 0 radical (unpaired) electrons. The van der Waals surface area contributed by atoms with Crippen LogP contribution in [0, 0.1) is 12.7 Å². The zero-order valence-electron chi connectivity index (χ0n) is 14.6. The van der Waals surface area contributed by atoms with Gasteiger partial charge in [0.2, 0.25) is 0 Å². The summed E-state index contributed by atoms with van der Waals surface area (Å²) in [4.78, 5) is 29.9. The lowest BCUT2D eigenvalue weighted by Gasteiger charge is -2.26. The Kier molecular flexibility index (Phi) is 5.16. The van der Waals surface area contributed by atoms with Crippen LogP contribution in [0.4, 0.5) is 15.9 Å². The second-order valence-corrected chi connectivity index (χ2v) is 6.37. The maximum atomic E-state index is 13.6. The molecule has 0 unspecified atom stereocenters. The molecule has 2 heterocycles. The maximum absolute atomic E-state index is 13.6. The van der Waals surface area contributed by atoms with E-state index in [0.717, 1.165) is 32.0 Å². The van der Waals surface area contributed by atoms with Crippen molar-refractivity contribution in [3.8, 4) is 0 Å². The SMILES string of the molecule is Cc1nc(Nc2ccc(C(=O)N3CCCCC3)cc2)c(C(N)=O)cc1F. The van der Waals surface area contributed by atoms with Crippen molar-refractivity contribution >= 4 is 23.3 Å². The van der Waals surface area contributed by atoms with Crippen LogP contribution in [0.25, 0.3) is 0 Å². The molecule has 0 spiro atoms. The van der Waals surface area contributed by atoms with E-state index in [9.17, 15) is 14.0 Å². The number of hydrogen-bond acceptors (Lipinski definition) is 4. The van der Waals surface area contributed by atoms with Gasteiger partial charge in [0.1, 0.15) is 11.6 Å². The maximum Gasteiger partial charge on any atom is 0.253 e. The van der Waals surface area contributed by atoms with Crippen molar-refractivity contribution in [2.75, 3.05) is 18.4 Å². The van der Waals surface area contributed by atoms with Crippen molar-refractivity contribution < 1.29 is 14.0 Å². The second-order valence-electron chi connectivity index (χ2n) is 6.37. The largest absolute Gasteiger partial charge is 0.365 e. The summed E-state index contributed by atoms with van der Waals surface area (Å²) in [5.41, 5.74) is 6.67. The van der Waals surface area contributed by atoms with Gasteiger partial charge in [0.05, 0.1) is 11.3 Å². The van der Waals surface area contributed by atoms with Crippen molar-refractivity contribution in [2.24, 2.45) is 5.73 Å². The highest BCUT2D eigenvalue weighted by molar-refractivity contribution is 5.98. The fraction of sp³-hybridized carbons (Fsp3) is 0.316. The molecule has 7 heteroatoms. The van der Waals surface area contributed by atoms with Gasteiger partial charge in [-0.2, -0.15) is 0 Å². The van der Waals surface area contributed by atoms with Crippen LogP contribution in [-0.2, 0) is 0 Å². The zero-order chi connectivity index (χ0) is 18.7. The van der Waals surface area contributed by atoms with Crippen LogP contribution in [0.1, 0.15) is 45.7 Å². The molecular weight excluding hydrogens is 335 g/mol. The Labute approximate surface area is 151 Å². The van der Waals surface area contributed by atoms with Gasteiger partial charge in [0.15, 0.2) is 0 Å². The fourth-order valence-corrected chi connectivity index (χ4v) is 2.98. The van der Waals surface area contributed by atoms with Crippen LogP contribution in [0.15, 0.2) is 30.3 Å². The topological polar surface area (TPSA) is 88.3 Å². The summed E-state index contributed by atoms with van der Waals surface area (Å²) in [5, 5.41) is 2.96. The molecule has 136 valence electrons. The first-order chi connectivity index (χ1) is 12.5. The van der Waals surface area contributed by atoms with Crippen LogP contribution in [0.3, 0.4) is 0 Å². The van der Waals surface area contributed by atoms with E-state index >= 15 is 0 Å². The third-order valence-electron chi connectivity index (χ3n) is 4.45. The third kappa shape index (κ3) is 3.82. The number of carbonyl (C=O) groups is 2. The third-order valence-corrected chi connectivity index (χ3v) is 4.45. The lowest BCUT2D eigenvalue weighted by atomic mass is 10.1. The number of amides is 2. The number of aryl methyl sites for hydroxylation is 1. The molecule has 1 aliphatic rings. The van der Waals surface area contributed by atoms with Crippen LogP contribution in [0.2, 0.25) is 0 Å². The Morgan fingerprint density at radius 1 is 1.15 bits per heavy atom. The highest BCUT2D eigenvalue weighted by atomic mass is 19.1. The molecule has 0 aliphatic carbocycles. The van der Waals surface area contributed by atoms with Crippen molar-refractivity contribution in [1.29, 1.82) is 0 Å². The normalized spacial score (nSPS) is 14.2. The van der Waals surface area contributed by atoms with Gasteiger partial charge in [-0.1, -0.05) is 0 Å². The quantitative estimate of drug-likeness (QED) is 0.881. The lowest BCUT2D eigenvalue weighted by Crippen LogP contribution is -2.35. The van der Waals surface area contributed by atoms with Crippen molar-refractivity contribution in [3.63, 3.8) is 0 Å². The summed E-state index contributed by atoms with van der Waals surface area (Å²) < 4.78 is 13.6. The molecule has 0 atom stereocenters. The molecule has 1 aliphatic heterocycles. The van der Waals surface area contributed by atoms with Gasteiger partial charge >= 0.3 is 0 Å². The number of benzene rings is 1. The molecule has 1 aromatic heterocycles. The summed E-state index contributed by atoms with van der Waals surface area (Å²) in [5.74, 6) is -1.15. The van der Waals surface area contributed by atoms with E-state index in [-0.39, 0.29) is 23.0 Å². The number of hydrogen-bond donors (Lipinski definition) is 2. The number of nitrogens with two attached hydrogens (primary N) is 1. The number of nitrogens with zero attached hydrogens (tertiary/aromatic N) is 2. The van der Waals surface area contributed by atoms with Gasteiger partial charge in [-0.3, -0.25) is 9.59 Å². The Morgan fingerprint density at radius 2 is 1.81 bits per heavy atom. The van der Waals surface area contributed by atoms with E-state index in [4.69, 9.17) is 5.73 Å². The molecule has 1 saturated heterocycles. The summed E-state index contributed by atoms with van der Waals surface area (Å²) >= 11 is 0. The number of primary amides is 1. The Balaban J connectivity index is 1.78. The number of rotatable bonds is 4. The van der Waals surface area contributed by atoms with E-state index in [1.807, 2.05) is 4.90 Å². The van der Waals surface area contributed by atoms with Gasteiger partial charge in [0, 0.05) is 24.3 Å². The molecule has 3 N–H and O–H groups in total. The van der Waals surface area contributed by atoms with Crippen LogP contribution < -0.4 is 11.1 Å². The smallest absolute Gasteiger partial charge is 0.253 e. The Bertz CT molecular complexity index is 830. The van der Waals surface area contributed by atoms with Gasteiger partial charge in [-0.15, -0.1) is 0 Å². The number of pyridine rings is 1. The first kappa shape index (κ1) is 17.8. The van der Waals surface area contributed by atoms with Crippen LogP contribution >= 0.6 is 0 Å². The summed E-state index contributed by atoms with van der Waals surface area (Å²) in [7, 11) is 0. The van der Waals surface area contributed by atoms with E-state index in [2.05, 4.69) is 10.3 Å². The predicted molar refractivity (Wildman–Crippen MR) is 96.9 cm³/mol. The average molecular weight is 356 g/mol. The average Bonchev–Trinajstić information content (AvgIpc) is 2.65. The molecule has 0 bridgehead atoms. The number of nitrogens with one attached hydrogen (secondary N) is 1. The van der Waals surface area contributed by atoms with Crippen molar-refractivity contribution in [2.45, 2.75) is 26.2 Å². The van der Waals surface area contributed by atoms with E-state index in [1.54, 1.807) is 24.3 Å². The number of halogens is 1. The standard InChI is InChI=1S/C19H21FN4O2/c1-12-16(20)11-15(17(21)25)18(22-12)23-14-7-5-13(6-8-14)19(26)24-9-3-2-4-10-24/h5-8,11H,2-4,9-10H2,1H3,(H2,21,25)(H,22,23). The number of piperidine rings is 1. The van der Waals surface area contributed by atoms with Crippen LogP contribution in [-0.4, -0.2) is 34.8 Å². The number of carbonyl (C=O) groups excluding carboxylic acids is 2. The fourth-order valence-electron chi connectivity index (χ4n) is 2.98. The summed E-state index contributed by atoms with van der Waals surface area (Å²) in [6.07, 6.45) is 3.24. The Morgan fingerprint density at radius 3 is 2.42 bits per heavy atom. The Hall–Kier alpha value is -2.96.